The highest BCUT2D eigenvalue weighted by molar-refractivity contribution is 9.10. The van der Waals surface area contributed by atoms with Crippen molar-refractivity contribution in [3.05, 3.63) is 75.6 Å². The number of rotatable bonds is 4. The Balaban J connectivity index is 1.70. The Morgan fingerprint density at radius 2 is 1.81 bits per heavy atom. The molecule has 1 aromatic heterocycles. The second-order valence-electron chi connectivity index (χ2n) is 4.97. The zero-order valence-electron chi connectivity index (χ0n) is 11.8. The van der Waals surface area contributed by atoms with Crippen LogP contribution >= 0.6 is 27.3 Å². The first-order valence-corrected chi connectivity index (χ1v) is 8.47. The predicted octanol–water partition coefficient (Wildman–Crippen LogP) is 6.10. The Morgan fingerprint density at radius 3 is 2.57 bits per heavy atom. The van der Waals surface area contributed by atoms with Crippen LogP contribution in [0.25, 0.3) is 10.4 Å². The third-order valence-electron chi connectivity index (χ3n) is 3.30. The maximum atomic E-state index is 3.60. The fraction of sp³-hybridized carbons (Fsp3) is 0.111. The second kappa shape index (κ2) is 6.46. The van der Waals surface area contributed by atoms with Crippen molar-refractivity contribution >= 4 is 33.0 Å². The van der Waals surface area contributed by atoms with E-state index in [0.29, 0.717) is 0 Å². The van der Waals surface area contributed by atoms with Crippen LogP contribution in [-0.4, -0.2) is 0 Å². The topological polar surface area (TPSA) is 12.0 Å². The molecule has 0 aliphatic carbocycles. The number of benzene rings is 2. The second-order valence-corrected chi connectivity index (χ2v) is 6.99. The third-order valence-corrected chi connectivity index (χ3v) is 5.09. The normalized spacial score (nSPS) is 10.6. The van der Waals surface area contributed by atoms with Gasteiger partial charge in [0.15, 0.2) is 0 Å². The molecule has 0 aliphatic heterocycles. The minimum atomic E-state index is 0.846. The van der Waals surface area contributed by atoms with E-state index in [9.17, 15) is 0 Å². The standard InChI is InChI=1S/C18H16BrNS/c1-13-7-9-17(16(19)11-13)20-12-15-8-10-18(21-15)14-5-3-2-4-6-14/h2-11,20H,12H2,1H3. The van der Waals surface area contributed by atoms with Crippen molar-refractivity contribution in [3.8, 4) is 10.4 Å². The molecule has 0 aliphatic rings. The van der Waals surface area contributed by atoms with Crippen molar-refractivity contribution in [1.29, 1.82) is 0 Å². The molecule has 0 spiro atoms. The molecule has 0 unspecified atom stereocenters. The van der Waals surface area contributed by atoms with E-state index in [1.807, 2.05) is 11.3 Å². The number of nitrogens with one attached hydrogen (secondary N) is 1. The van der Waals surface area contributed by atoms with Crippen LogP contribution in [0.15, 0.2) is 65.1 Å². The molecule has 21 heavy (non-hydrogen) atoms. The number of aryl methyl sites for hydroxylation is 1. The molecule has 1 N–H and O–H groups in total. The van der Waals surface area contributed by atoms with Crippen LogP contribution in [0.1, 0.15) is 10.4 Å². The minimum Gasteiger partial charge on any atom is -0.379 e. The molecule has 0 radical (unpaired) electrons. The Morgan fingerprint density at radius 1 is 1.00 bits per heavy atom. The summed E-state index contributed by atoms with van der Waals surface area (Å²) in [6, 6.07) is 21.3. The SMILES string of the molecule is Cc1ccc(NCc2ccc(-c3ccccc3)s2)c(Br)c1. The molecule has 0 fully saturated rings. The quantitative estimate of drug-likeness (QED) is 0.594. The smallest absolute Gasteiger partial charge is 0.0494 e. The van der Waals surface area contributed by atoms with E-state index in [1.165, 1.54) is 20.9 Å². The number of anilines is 1. The summed E-state index contributed by atoms with van der Waals surface area (Å²) in [7, 11) is 0. The van der Waals surface area contributed by atoms with Gasteiger partial charge in [-0.1, -0.05) is 36.4 Å². The summed E-state index contributed by atoms with van der Waals surface area (Å²) in [4.78, 5) is 2.65. The Kier molecular flexibility index (Phi) is 4.42. The molecule has 0 amide bonds. The van der Waals surface area contributed by atoms with E-state index in [4.69, 9.17) is 0 Å². The van der Waals surface area contributed by atoms with Crippen LogP contribution in [0.3, 0.4) is 0 Å². The van der Waals surface area contributed by atoms with Gasteiger partial charge in [0.05, 0.1) is 0 Å². The first-order chi connectivity index (χ1) is 10.2. The lowest BCUT2D eigenvalue weighted by Gasteiger charge is -2.08. The summed E-state index contributed by atoms with van der Waals surface area (Å²) in [6.07, 6.45) is 0. The lowest BCUT2D eigenvalue weighted by molar-refractivity contribution is 1.19. The maximum absolute atomic E-state index is 3.60. The summed E-state index contributed by atoms with van der Waals surface area (Å²) in [5.74, 6) is 0. The van der Waals surface area contributed by atoms with Gasteiger partial charge in [-0.2, -0.15) is 0 Å². The van der Waals surface area contributed by atoms with Gasteiger partial charge < -0.3 is 5.32 Å². The van der Waals surface area contributed by atoms with Crippen LogP contribution in [-0.2, 0) is 6.54 Å². The van der Waals surface area contributed by atoms with Crippen LogP contribution in [0.2, 0.25) is 0 Å². The molecule has 0 atom stereocenters. The largest absolute Gasteiger partial charge is 0.379 e. The van der Waals surface area contributed by atoms with Crippen molar-refractivity contribution in [3.63, 3.8) is 0 Å². The lowest BCUT2D eigenvalue weighted by atomic mass is 10.2. The summed E-state index contributed by atoms with van der Waals surface area (Å²) in [5, 5.41) is 3.48. The summed E-state index contributed by atoms with van der Waals surface area (Å²) in [6.45, 7) is 2.94. The predicted molar refractivity (Wildman–Crippen MR) is 96.0 cm³/mol. The fourth-order valence-corrected chi connectivity index (χ4v) is 3.76. The average molecular weight is 358 g/mol. The van der Waals surface area contributed by atoms with E-state index in [1.54, 1.807) is 0 Å². The van der Waals surface area contributed by atoms with Crippen LogP contribution in [0.5, 0.6) is 0 Å². The minimum absolute atomic E-state index is 0.846. The van der Waals surface area contributed by atoms with E-state index < -0.39 is 0 Å². The molecular weight excluding hydrogens is 342 g/mol. The molecule has 3 heteroatoms. The van der Waals surface area contributed by atoms with Gasteiger partial charge in [-0.05, 0) is 58.2 Å². The Bertz CT molecular complexity index is 734. The summed E-state index contributed by atoms with van der Waals surface area (Å²) >= 11 is 5.44. The molecule has 106 valence electrons. The Labute approximate surface area is 137 Å². The highest BCUT2D eigenvalue weighted by Gasteiger charge is 2.04. The van der Waals surface area contributed by atoms with E-state index >= 15 is 0 Å². The number of halogens is 1. The monoisotopic (exact) mass is 357 g/mol. The zero-order valence-corrected chi connectivity index (χ0v) is 14.2. The van der Waals surface area contributed by atoms with Gasteiger partial charge >= 0.3 is 0 Å². The van der Waals surface area contributed by atoms with E-state index in [-0.39, 0.29) is 0 Å². The number of hydrogen-bond donors (Lipinski definition) is 1. The molecular formula is C18H16BrNS. The first-order valence-electron chi connectivity index (χ1n) is 6.86. The lowest BCUT2D eigenvalue weighted by Crippen LogP contribution is -1.98. The molecule has 3 aromatic rings. The highest BCUT2D eigenvalue weighted by atomic mass is 79.9. The molecule has 2 aromatic carbocycles. The molecule has 1 nitrogen and oxygen atoms in total. The first kappa shape index (κ1) is 14.4. The molecule has 0 saturated carbocycles. The van der Waals surface area contributed by atoms with Crippen molar-refractivity contribution in [2.75, 3.05) is 5.32 Å². The molecule has 0 bridgehead atoms. The van der Waals surface area contributed by atoms with Gasteiger partial charge in [-0.15, -0.1) is 11.3 Å². The number of thiophene rings is 1. The van der Waals surface area contributed by atoms with Crippen LogP contribution in [0, 0.1) is 6.92 Å². The van der Waals surface area contributed by atoms with Crippen molar-refractivity contribution < 1.29 is 0 Å². The average Bonchev–Trinajstić information content (AvgIpc) is 2.96. The molecule has 0 saturated heterocycles. The summed E-state index contributed by atoms with van der Waals surface area (Å²) < 4.78 is 1.11. The van der Waals surface area contributed by atoms with Crippen molar-refractivity contribution in [2.24, 2.45) is 0 Å². The van der Waals surface area contributed by atoms with Gasteiger partial charge in [0.2, 0.25) is 0 Å². The third kappa shape index (κ3) is 3.55. The van der Waals surface area contributed by atoms with Gasteiger partial charge in [-0.25, -0.2) is 0 Å². The van der Waals surface area contributed by atoms with Crippen LogP contribution in [0.4, 0.5) is 5.69 Å². The fourth-order valence-electron chi connectivity index (χ4n) is 2.18. The zero-order chi connectivity index (χ0) is 14.7. The Hall–Kier alpha value is -1.58. The number of hydrogen-bond acceptors (Lipinski definition) is 2. The maximum Gasteiger partial charge on any atom is 0.0494 e. The van der Waals surface area contributed by atoms with Gasteiger partial charge in [0.1, 0.15) is 0 Å². The van der Waals surface area contributed by atoms with Gasteiger partial charge in [0, 0.05) is 26.5 Å². The van der Waals surface area contributed by atoms with Crippen molar-refractivity contribution in [2.45, 2.75) is 13.5 Å². The van der Waals surface area contributed by atoms with Gasteiger partial charge in [-0.3, -0.25) is 0 Å². The summed E-state index contributed by atoms with van der Waals surface area (Å²) in [5.41, 5.74) is 3.68. The van der Waals surface area contributed by atoms with E-state index in [0.717, 1.165) is 16.7 Å². The molecule has 1 heterocycles. The molecule has 3 rings (SSSR count). The van der Waals surface area contributed by atoms with Crippen molar-refractivity contribution in [1.82, 2.24) is 0 Å². The van der Waals surface area contributed by atoms with Gasteiger partial charge in [0.25, 0.3) is 0 Å². The highest BCUT2D eigenvalue weighted by Crippen LogP contribution is 2.29. The van der Waals surface area contributed by atoms with E-state index in [2.05, 4.69) is 88.8 Å². The van der Waals surface area contributed by atoms with Crippen LogP contribution < -0.4 is 5.32 Å².